The normalized spacial score (nSPS) is 20.7. The van der Waals surface area contributed by atoms with Gasteiger partial charge in [0.15, 0.2) is 0 Å². The second-order valence-electron chi connectivity index (χ2n) is 4.86. The molecule has 1 aromatic carbocycles. The predicted octanol–water partition coefficient (Wildman–Crippen LogP) is 1.48. The number of fused-ring (bicyclic) bond motifs is 1. The molecule has 5 heteroatoms. The first kappa shape index (κ1) is 11.3. The number of H-pyrrole nitrogens is 1. The molecule has 0 saturated carbocycles. The van der Waals surface area contributed by atoms with Gasteiger partial charge < -0.3 is 9.88 Å². The Bertz CT molecular complexity index is 652. The van der Waals surface area contributed by atoms with Gasteiger partial charge in [0.1, 0.15) is 5.82 Å². The molecule has 1 N–H and O–H groups in total. The van der Waals surface area contributed by atoms with Crippen LogP contribution >= 0.6 is 0 Å². The third kappa shape index (κ3) is 1.90. The van der Waals surface area contributed by atoms with E-state index in [2.05, 4.69) is 21.9 Å². The van der Waals surface area contributed by atoms with Crippen LogP contribution in [0.1, 0.15) is 18.0 Å². The van der Waals surface area contributed by atoms with Crippen LogP contribution in [-0.2, 0) is 0 Å². The minimum atomic E-state index is -0.405. The van der Waals surface area contributed by atoms with Crippen molar-refractivity contribution in [2.75, 3.05) is 20.1 Å². The first-order chi connectivity index (χ1) is 8.63. The van der Waals surface area contributed by atoms with E-state index in [0.29, 0.717) is 11.4 Å². The zero-order valence-corrected chi connectivity index (χ0v) is 10.1. The average Bonchev–Trinajstić information content (AvgIpc) is 2.74. The van der Waals surface area contributed by atoms with Gasteiger partial charge in [-0.2, -0.15) is 4.98 Å². The quantitative estimate of drug-likeness (QED) is 0.830. The topological polar surface area (TPSA) is 49.0 Å². The van der Waals surface area contributed by atoms with Gasteiger partial charge in [0.2, 0.25) is 0 Å². The van der Waals surface area contributed by atoms with E-state index >= 15 is 0 Å². The van der Waals surface area contributed by atoms with Gasteiger partial charge >= 0.3 is 5.69 Å². The average molecular weight is 247 g/mol. The van der Waals surface area contributed by atoms with Gasteiger partial charge in [-0.05, 0) is 32.1 Å². The van der Waals surface area contributed by atoms with Crippen molar-refractivity contribution in [1.29, 1.82) is 0 Å². The smallest absolute Gasteiger partial charge is 0.309 e. The monoisotopic (exact) mass is 247 g/mol. The number of halogens is 1. The third-order valence-corrected chi connectivity index (χ3v) is 3.51. The second kappa shape index (κ2) is 4.17. The molecule has 1 unspecified atom stereocenters. The van der Waals surface area contributed by atoms with E-state index < -0.39 is 5.69 Å². The lowest BCUT2D eigenvalue weighted by atomic mass is 10.00. The highest BCUT2D eigenvalue weighted by Crippen LogP contribution is 2.28. The molecule has 1 atom stereocenters. The number of benzene rings is 1. The first-order valence-corrected chi connectivity index (χ1v) is 6.01. The highest BCUT2D eigenvalue weighted by molar-refractivity contribution is 5.81. The number of likely N-dealkylation sites (N-methyl/N-ethyl adjacent to an activating group) is 1. The molecule has 2 heterocycles. The van der Waals surface area contributed by atoms with E-state index in [4.69, 9.17) is 0 Å². The summed E-state index contributed by atoms with van der Waals surface area (Å²) >= 11 is 0. The SMILES string of the molecule is CN1CCC(c2[nH]c(=O)nc3cc(F)ccc23)C1. The molecular formula is C13H14FN3O. The second-order valence-corrected chi connectivity index (χ2v) is 4.86. The molecular weight excluding hydrogens is 233 g/mol. The Morgan fingerprint density at radius 3 is 3.06 bits per heavy atom. The molecule has 4 nitrogen and oxygen atoms in total. The summed E-state index contributed by atoms with van der Waals surface area (Å²) in [6, 6.07) is 4.42. The van der Waals surface area contributed by atoms with Gasteiger partial charge in [0.25, 0.3) is 0 Å². The lowest BCUT2D eigenvalue weighted by molar-refractivity contribution is 0.411. The summed E-state index contributed by atoms with van der Waals surface area (Å²) in [6.07, 6.45) is 1.00. The molecule has 94 valence electrons. The largest absolute Gasteiger partial charge is 0.345 e. The molecule has 3 rings (SSSR count). The lowest BCUT2D eigenvalue weighted by Gasteiger charge is -2.12. The molecule has 0 bridgehead atoms. The van der Waals surface area contributed by atoms with Crippen molar-refractivity contribution >= 4 is 10.9 Å². The summed E-state index contributed by atoms with van der Waals surface area (Å²) in [7, 11) is 2.06. The fourth-order valence-electron chi connectivity index (χ4n) is 2.64. The molecule has 1 aliphatic heterocycles. The van der Waals surface area contributed by atoms with Gasteiger partial charge in [-0.3, -0.25) is 0 Å². The van der Waals surface area contributed by atoms with Crippen molar-refractivity contribution < 1.29 is 4.39 Å². The highest BCUT2D eigenvalue weighted by Gasteiger charge is 2.24. The Labute approximate surface area is 103 Å². The van der Waals surface area contributed by atoms with Crippen molar-refractivity contribution in [3.8, 4) is 0 Å². The van der Waals surface area contributed by atoms with Crippen LogP contribution in [0, 0.1) is 5.82 Å². The van der Waals surface area contributed by atoms with Crippen LogP contribution in [0.4, 0.5) is 4.39 Å². The van der Waals surface area contributed by atoms with Crippen molar-refractivity contribution in [3.63, 3.8) is 0 Å². The zero-order valence-electron chi connectivity index (χ0n) is 10.1. The Hall–Kier alpha value is -1.75. The molecule has 1 saturated heterocycles. The van der Waals surface area contributed by atoms with Crippen molar-refractivity contribution in [2.24, 2.45) is 0 Å². The highest BCUT2D eigenvalue weighted by atomic mass is 19.1. The summed E-state index contributed by atoms with van der Waals surface area (Å²) in [5.74, 6) is -0.0752. The van der Waals surface area contributed by atoms with Crippen molar-refractivity contribution in [2.45, 2.75) is 12.3 Å². The third-order valence-electron chi connectivity index (χ3n) is 3.51. The minimum absolute atomic E-state index is 0.290. The van der Waals surface area contributed by atoms with Crippen molar-refractivity contribution in [3.05, 3.63) is 40.2 Å². The predicted molar refractivity (Wildman–Crippen MR) is 67.2 cm³/mol. The Balaban J connectivity index is 2.19. The number of nitrogens with one attached hydrogen (secondary N) is 1. The molecule has 2 aromatic rings. The molecule has 0 spiro atoms. The maximum Gasteiger partial charge on any atom is 0.345 e. The van der Waals surface area contributed by atoms with Gasteiger partial charge in [-0.15, -0.1) is 0 Å². The van der Waals surface area contributed by atoms with Crippen LogP contribution in [-0.4, -0.2) is 35.0 Å². The molecule has 18 heavy (non-hydrogen) atoms. The minimum Gasteiger partial charge on any atom is -0.309 e. The van der Waals surface area contributed by atoms with Crippen LogP contribution in [0.2, 0.25) is 0 Å². The molecule has 0 radical (unpaired) electrons. The summed E-state index contributed by atoms with van der Waals surface area (Å²) in [5, 5.41) is 0.844. The Morgan fingerprint density at radius 2 is 2.33 bits per heavy atom. The molecule has 1 aromatic heterocycles. The lowest BCUT2D eigenvalue weighted by Crippen LogP contribution is -2.18. The number of aromatic amines is 1. The van der Waals surface area contributed by atoms with Gasteiger partial charge in [-0.25, -0.2) is 9.18 Å². The number of nitrogens with zero attached hydrogens (tertiary/aromatic N) is 2. The molecule has 0 aliphatic carbocycles. The Morgan fingerprint density at radius 1 is 1.50 bits per heavy atom. The van der Waals surface area contributed by atoms with Gasteiger partial charge in [0, 0.05) is 29.6 Å². The number of likely N-dealkylation sites (tertiary alicyclic amines) is 1. The number of hydrogen-bond acceptors (Lipinski definition) is 3. The van der Waals surface area contributed by atoms with E-state index in [1.807, 2.05) is 0 Å². The van der Waals surface area contributed by atoms with Crippen LogP contribution in [0.5, 0.6) is 0 Å². The van der Waals surface area contributed by atoms with E-state index in [1.54, 1.807) is 6.07 Å². The maximum atomic E-state index is 13.2. The zero-order chi connectivity index (χ0) is 12.7. The van der Waals surface area contributed by atoms with E-state index in [0.717, 1.165) is 30.6 Å². The summed E-state index contributed by atoms with van der Waals surface area (Å²) in [5.41, 5.74) is 0.912. The van der Waals surface area contributed by atoms with E-state index in [1.165, 1.54) is 12.1 Å². The van der Waals surface area contributed by atoms with Crippen LogP contribution in [0.25, 0.3) is 10.9 Å². The van der Waals surface area contributed by atoms with Crippen LogP contribution < -0.4 is 5.69 Å². The Kier molecular flexibility index (Phi) is 2.63. The fraction of sp³-hybridized carbons (Fsp3) is 0.385. The fourth-order valence-corrected chi connectivity index (χ4v) is 2.64. The number of aromatic nitrogens is 2. The first-order valence-electron chi connectivity index (χ1n) is 6.01. The summed E-state index contributed by atoms with van der Waals surface area (Å²) in [4.78, 5) is 20.4. The van der Waals surface area contributed by atoms with Crippen LogP contribution in [0.3, 0.4) is 0 Å². The maximum absolute atomic E-state index is 13.2. The van der Waals surface area contributed by atoms with Crippen LogP contribution in [0.15, 0.2) is 23.0 Å². The standard InChI is InChI=1S/C13H14FN3O/c1-17-5-4-8(7-17)12-10-3-2-9(14)6-11(10)15-13(18)16-12/h2-3,6,8H,4-5,7H2,1H3,(H,15,16,18). The number of rotatable bonds is 1. The molecule has 1 aliphatic rings. The van der Waals surface area contributed by atoms with E-state index in [9.17, 15) is 9.18 Å². The van der Waals surface area contributed by atoms with Gasteiger partial charge in [0.05, 0.1) is 5.52 Å². The number of hydrogen-bond donors (Lipinski definition) is 1. The van der Waals surface area contributed by atoms with Crippen molar-refractivity contribution in [1.82, 2.24) is 14.9 Å². The van der Waals surface area contributed by atoms with Gasteiger partial charge in [-0.1, -0.05) is 0 Å². The summed E-state index contributed by atoms with van der Waals surface area (Å²) in [6.45, 7) is 1.92. The summed E-state index contributed by atoms with van der Waals surface area (Å²) < 4.78 is 13.2. The van der Waals surface area contributed by atoms with E-state index in [-0.39, 0.29) is 5.82 Å². The molecule has 0 amide bonds. The molecule has 1 fully saturated rings.